The molecule has 0 aliphatic carbocycles. The van der Waals surface area contributed by atoms with E-state index in [-0.39, 0.29) is 12.5 Å². The number of benzene rings is 3. The number of aliphatic hydroxyl groups excluding tert-OH is 1. The Bertz CT molecular complexity index is 1040. The first kappa shape index (κ1) is 20.9. The van der Waals surface area contributed by atoms with E-state index >= 15 is 0 Å². The van der Waals surface area contributed by atoms with E-state index in [4.69, 9.17) is 0 Å². The molecular formula is C27H27OPS. The van der Waals surface area contributed by atoms with Crippen molar-refractivity contribution < 1.29 is 5.11 Å². The molecule has 0 radical (unpaired) electrons. The molecule has 0 aliphatic heterocycles. The molecule has 4 aromatic rings. The van der Waals surface area contributed by atoms with Gasteiger partial charge in [-0.3, -0.25) is 0 Å². The van der Waals surface area contributed by atoms with Gasteiger partial charge in [0.15, 0.2) is 0 Å². The Kier molecular flexibility index (Phi) is 6.39. The summed E-state index contributed by atoms with van der Waals surface area (Å²) in [5.74, 6) is 0.162. The Morgan fingerprint density at radius 2 is 1.17 bits per heavy atom. The lowest BCUT2D eigenvalue weighted by Crippen LogP contribution is -2.29. The lowest BCUT2D eigenvalue weighted by atomic mass is 10.1. The zero-order valence-electron chi connectivity index (χ0n) is 17.4. The van der Waals surface area contributed by atoms with Gasteiger partial charge in [0.25, 0.3) is 0 Å². The molecule has 0 aliphatic rings. The number of thiophene rings is 1. The molecule has 0 spiro atoms. The fraction of sp³-hybridized carbons (Fsp3) is 0.148. The van der Waals surface area contributed by atoms with Crippen molar-refractivity contribution >= 4 is 39.4 Å². The van der Waals surface area contributed by atoms with Gasteiger partial charge in [0.1, 0.15) is 0 Å². The van der Waals surface area contributed by atoms with Gasteiger partial charge in [-0.1, -0.05) is 97.9 Å². The van der Waals surface area contributed by atoms with Crippen LogP contribution in [0, 0.1) is 0 Å². The molecule has 1 nitrogen and oxygen atoms in total. The smallest absolute Gasteiger partial charge is 0.0504 e. The third-order valence-electron chi connectivity index (χ3n) is 5.68. The van der Waals surface area contributed by atoms with Crippen LogP contribution in [0.25, 0.3) is 0 Å². The summed E-state index contributed by atoms with van der Waals surface area (Å²) in [4.78, 5) is 2.54. The highest BCUT2D eigenvalue weighted by Gasteiger charge is 2.29. The van der Waals surface area contributed by atoms with Gasteiger partial charge in [-0.05, 0) is 47.1 Å². The van der Waals surface area contributed by atoms with Gasteiger partial charge in [-0.2, -0.15) is 0 Å². The molecule has 3 heteroatoms. The Morgan fingerprint density at radius 1 is 0.733 bits per heavy atom. The zero-order valence-corrected chi connectivity index (χ0v) is 19.1. The van der Waals surface area contributed by atoms with Crippen molar-refractivity contribution in [3.8, 4) is 0 Å². The van der Waals surface area contributed by atoms with E-state index in [1.807, 2.05) is 11.3 Å². The summed E-state index contributed by atoms with van der Waals surface area (Å²) >= 11 is 1.82. The molecule has 0 saturated heterocycles. The van der Waals surface area contributed by atoms with Crippen LogP contribution in [0.15, 0.2) is 103 Å². The monoisotopic (exact) mass is 430 g/mol. The first-order valence-electron chi connectivity index (χ1n) is 10.3. The fourth-order valence-electron chi connectivity index (χ4n) is 4.05. The van der Waals surface area contributed by atoms with Crippen LogP contribution in [0.2, 0.25) is 0 Å². The van der Waals surface area contributed by atoms with Crippen LogP contribution in [-0.2, 0) is 0 Å². The average Bonchev–Trinajstić information content (AvgIpc) is 3.31. The first-order valence-corrected chi connectivity index (χ1v) is 12.9. The lowest BCUT2D eigenvalue weighted by molar-refractivity contribution is 0.274. The van der Waals surface area contributed by atoms with E-state index in [2.05, 4.69) is 117 Å². The summed E-state index contributed by atoms with van der Waals surface area (Å²) in [6.45, 7) is 2.54. The molecular weight excluding hydrogens is 403 g/mol. The van der Waals surface area contributed by atoms with Gasteiger partial charge < -0.3 is 5.11 Å². The van der Waals surface area contributed by atoms with Crippen LogP contribution < -0.4 is 15.9 Å². The minimum absolute atomic E-state index is 0.162. The van der Waals surface area contributed by atoms with Gasteiger partial charge in [0, 0.05) is 15.7 Å². The maximum absolute atomic E-state index is 9.64. The van der Waals surface area contributed by atoms with E-state index in [0.717, 1.165) is 0 Å². The average molecular weight is 431 g/mol. The molecule has 1 unspecified atom stereocenters. The Balaban J connectivity index is 2.12. The van der Waals surface area contributed by atoms with Crippen molar-refractivity contribution in [2.75, 3.05) is 6.61 Å². The van der Waals surface area contributed by atoms with Crippen molar-refractivity contribution in [1.82, 2.24) is 0 Å². The summed E-state index contributed by atoms with van der Waals surface area (Å²) in [5, 5.41) is 15.1. The van der Waals surface area contributed by atoms with Crippen molar-refractivity contribution in [2.24, 2.45) is 0 Å². The molecule has 0 amide bonds. The topological polar surface area (TPSA) is 20.2 Å². The molecule has 152 valence electrons. The third-order valence-corrected chi connectivity index (χ3v) is 11.7. The van der Waals surface area contributed by atoms with E-state index in [1.54, 1.807) is 0 Å². The maximum Gasteiger partial charge on any atom is 0.0504 e. The molecule has 0 bridgehead atoms. The number of rotatable bonds is 6. The van der Waals surface area contributed by atoms with Crippen molar-refractivity contribution in [3.63, 3.8) is 0 Å². The van der Waals surface area contributed by atoms with E-state index in [9.17, 15) is 5.11 Å². The SMILES string of the molecule is CC(c1ccc(C(C)CO)s1)=P(c1ccccc1)(c1ccccc1)c1ccccc1. The molecule has 3 aromatic carbocycles. The minimum atomic E-state index is -2.03. The van der Waals surface area contributed by atoms with Crippen LogP contribution in [-0.4, -0.2) is 17.0 Å². The van der Waals surface area contributed by atoms with Crippen LogP contribution >= 0.6 is 18.2 Å². The Morgan fingerprint density at radius 3 is 1.57 bits per heavy atom. The number of aliphatic hydroxyl groups is 1. The second-order valence-corrected chi connectivity index (χ2v) is 12.2. The van der Waals surface area contributed by atoms with Crippen molar-refractivity contribution in [3.05, 3.63) is 113 Å². The Hall–Kier alpha value is -2.38. The van der Waals surface area contributed by atoms with E-state index in [1.165, 1.54) is 31.0 Å². The van der Waals surface area contributed by atoms with Gasteiger partial charge >= 0.3 is 0 Å². The van der Waals surface area contributed by atoms with Crippen LogP contribution in [0.4, 0.5) is 0 Å². The molecule has 1 aromatic heterocycles. The summed E-state index contributed by atoms with van der Waals surface area (Å²) < 4.78 is 0. The predicted molar refractivity (Wildman–Crippen MR) is 135 cm³/mol. The second kappa shape index (κ2) is 9.18. The lowest BCUT2D eigenvalue weighted by Gasteiger charge is -2.31. The van der Waals surface area contributed by atoms with Crippen molar-refractivity contribution in [2.45, 2.75) is 19.8 Å². The quantitative estimate of drug-likeness (QED) is 0.407. The van der Waals surface area contributed by atoms with Gasteiger partial charge in [-0.15, -0.1) is 11.3 Å². The third kappa shape index (κ3) is 3.72. The summed E-state index contributed by atoms with van der Waals surface area (Å²) in [6.07, 6.45) is 0. The zero-order chi connectivity index (χ0) is 21.0. The van der Waals surface area contributed by atoms with Crippen LogP contribution in [0.3, 0.4) is 0 Å². The van der Waals surface area contributed by atoms with Crippen LogP contribution in [0.5, 0.6) is 0 Å². The first-order chi connectivity index (χ1) is 14.7. The number of hydrogen-bond acceptors (Lipinski definition) is 2. The van der Waals surface area contributed by atoms with E-state index < -0.39 is 6.89 Å². The van der Waals surface area contributed by atoms with Crippen molar-refractivity contribution in [1.29, 1.82) is 0 Å². The number of hydrogen-bond donors (Lipinski definition) is 1. The molecule has 1 N–H and O–H groups in total. The molecule has 0 fully saturated rings. The van der Waals surface area contributed by atoms with E-state index in [0.29, 0.717) is 0 Å². The highest BCUT2D eigenvalue weighted by atomic mass is 32.1. The molecule has 30 heavy (non-hydrogen) atoms. The summed E-state index contributed by atoms with van der Waals surface area (Å²) in [5.41, 5.74) is 0. The highest BCUT2D eigenvalue weighted by molar-refractivity contribution is 7.95. The predicted octanol–water partition coefficient (Wildman–Crippen LogP) is 5.38. The summed E-state index contributed by atoms with van der Waals surface area (Å²) in [6, 6.07) is 37.3. The molecule has 1 heterocycles. The van der Waals surface area contributed by atoms with Gasteiger partial charge in [0.05, 0.1) is 6.61 Å². The maximum atomic E-state index is 9.64. The largest absolute Gasteiger partial charge is 0.396 e. The second-order valence-electron chi connectivity index (χ2n) is 7.55. The fourth-order valence-corrected chi connectivity index (χ4v) is 9.87. The molecule has 4 rings (SSSR count). The van der Waals surface area contributed by atoms with Gasteiger partial charge in [-0.25, -0.2) is 0 Å². The molecule has 1 atom stereocenters. The normalized spacial score (nSPS) is 12.5. The minimum Gasteiger partial charge on any atom is -0.396 e. The Labute approximate surface area is 183 Å². The molecule has 0 saturated carbocycles. The van der Waals surface area contributed by atoms with Crippen LogP contribution in [0.1, 0.15) is 29.5 Å². The van der Waals surface area contributed by atoms with Gasteiger partial charge in [0.2, 0.25) is 0 Å². The highest BCUT2D eigenvalue weighted by Crippen LogP contribution is 2.48. The summed E-state index contributed by atoms with van der Waals surface area (Å²) in [7, 11) is 0. The standard InChI is InChI=1S/C27H27OPS/c1-21(20-28)26-18-19-27(30-26)22(2)29(23-12-6-3-7-13-23,24-14-8-4-9-15-24)25-16-10-5-11-17-25/h3-19,21,28H,20H2,1-2H3.